The molecule has 0 spiro atoms. The van der Waals surface area contributed by atoms with Gasteiger partial charge in [0.1, 0.15) is 5.39 Å². The van der Waals surface area contributed by atoms with Crippen molar-refractivity contribution >= 4 is 50.3 Å². The van der Waals surface area contributed by atoms with E-state index in [0.717, 1.165) is 21.9 Å². The average Bonchev–Trinajstić information content (AvgIpc) is 3.13. The summed E-state index contributed by atoms with van der Waals surface area (Å²) in [5.74, 6) is -0.0732. The van der Waals surface area contributed by atoms with Gasteiger partial charge in [-0.15, -0.1) is 0 Å². The first-order chi connectivity index (χ1) is 13.6. The van der Waals surface area contributed by atoms with Crippen molar-refractivity contribution in [2.45, 2.75) is 5.16 Å². The Labute approximate surface area is 172 Å². The lowest BCUT2D eigenvalue weighted by molar-refractivity contribution is -0.113. The van der Waals surface area contributed by atoms with E-state index < -0.39 is 0 Å². The Kier molecular flexibility index (Phi) is 5.27. The molecule has 0 aliphatic carbocycles. The van der Waals surface area contributed by atoms with Gasteiger partial charge < -0.3 is 10.3 Å². The number of anilines is 1. The van der Waals surface area contributed by atoms with Crippen LogP contribution in [0.4, 0.5) is 5.69 Å². The van der Waals surface area contributed by atoms with Gasteiger partial charge in [-0.2, -0.15) is 5.10 Å². The van der Waals surface area contributed by atoms with Crippen LogP contribution in [-0.2, 0) is 4.79 Å². The van der Waals surface area contributed by atoms with E-state index in [1.54, 1.807) is 16.8 Å². The van der Waals surface area contributed by atoms with E-state index in [4.69, 9.17) is 0 Å². The number of H-pyrrole nitrogens is 1. The van der Waals surface area contributed by atoms with Crippen molar-refractivity contribution in [2.24, 2.45) is 0 Å². The lowest BCUT2D eigenvalue weighted by atomic mass is 10.3. The topological polar surface area (TPSA) is 92.7 Å². The number of nitrogens with one attached hydrogen (secondary N) is 2. The quantitative estimate of drug-likeness (QED) is 0.354. The van der Waals surface area contributed by atoms with Crippen LogP contribution in [0.1, 0.15) is 0 Å². The molecule has 9 heteroatoms. The van der Waals surface area contributed by atoms with Crippen molar-refractivity contribution in [1.29, 1.82) is 0 Å². The summed E-state index contributed by atoms with van der Waals surface area (Å²) >= 11 is 4.51. The van der Waals surface area contributed by atoms with Gasteiger partial charge in [-0.05, 0) is 36.4 Å². The van der Waals surface area contributed by atoms with Crippen molar-refractivity contribution < 1.29 is 4.79 Å². The highest BCUT2D eigenvalue weighted by Crippen LogP contribution is 2.19. The highest BCUT2D eigenvalue weighted by Gasteiger charge is 2.13. The van der Waals surface area contributed by atoms with Crippen molar-refractivity contribution in [3.05, 3.63) is 75.6 Å². The summed E-state index contributed by atoms with van der Waals surface area (Å²) in [4.78, 5) is 31.7. The Bertz CT molecular complexity index is 1190. The minimum atomic E-state index is -0.289. The molecule has 2 N–H and O–H groups in total. The lowest BCUT2D eigenvalue weighted by Crippen LogP contribution is -2.15. The molecular weight excluding hydrogens is 442 g/mol. The number of hydrogen-bond donors (Lipinski definition) is 2. The van der Waals surface area contributed by atoms with Gasteiger partial charge in [0.2, 0.25) is 5.91 Å². The van der Waals surface area contributed by atoms with Crippen LogP contribution in [0.15, 0.2) is 75.2 Å². The van der Waals surface area contributed by atoms with Crippen LogP contribution in [0.3, 0.4) is 0 Å². The Hall–Kier alpha value is -2.91. The first-order valence-electron chi connectivity index (χ1n) is 8.32. The number of hydrogen-bond acceptors (Lipinski definition) is 5. The zero-order valence-corrected chi connectivity index (χ0v) is 16.8. The van der Waals surface area contributed by atoms with Crippen LogP contribution in [0.2, 0.25) is 0 Å². The molecule has 0 aliphatic heterocycles. The number of amides is 1. The van der Waals surface area contributed by atoms with Crippen molar-refractivity contribution in [3.8, 4) is 5.69 Å². The molecule has 4 rings (SSSR count). The van der Waals surface area contributed by atoms with Gasteiger partial charge in [0.05, 0.1) is 17.6 Å². The zero-order valence-electron chi connectivity index (χ0n) is 14.4. The molecule has 0 saturated heterocycles. The minimum absolute atomic E-state index is 0.115. The zero-order chi connectivity index (χ0) is 19.5. The molecule has 28 heavy (non-hydrogen) atoms. The molecule has 140 valence electrons. The third-order valence-electron chi connectivity index (χ3n) is 3.89. The van der Waals surface area contributed by atoms with Crippen LogP contribution in [0.25, 0.3) is 16.7 Å². The number of para-hydroxylation sites is 1. The Morgan fingerprint density at radius 2 is 1.89 bits per heavy atom. The highest BCUT2D eigenvalue weighted by molar-refractivity contribution is 9.10. The number of carbonyl (C=O) groups is 1. The number of thioether (sulfide) groups is 1. The van der Waals surface area contributed by atoms with E-state index in [-0.39, 0.29) is 17.2 Å². The number of benzene rings is 2. The van der Waals surface area contributed by atoms with Gasteiger partial charge in [0.25, 0.3) is 5.56 Å². The van der Waals surface area contributed by atoms with Gasteiger partial charge in [-0.1, -0.05) is 45.9 Å². The standard InChI is InChI=1S/C19H14BrN5O2S/c20-12-6-8-13(9-7-12)22-16(26)11-28-19-23-17-15(18(27)24-19)10-21-25(17)14-4-2-1-3-5-14/h1-10H,11H2,(H,22,26)(H,23,24,27). The predicted octanol–water partition coefficient (Wildman–Crippen LogP) is 3.60. The summed E-state index contributed by atoms with van der Waals surface area (Å²) in [6, 6.07) is 16.7. The SMILES string of the molecule is O=C(CSc1nc2c(cnn2-c2ccccc2)c(=O)[nH]1)Nc1ccc(Br)cc1. The molecular formula is C19H14BrN5O2S. The van der Waals surface area contributed by atoms with E-state index in [1.807, 2.05) is 42.5 Å². The first-order valence-corrected chi connectivity index (χ1v) is 10.1. The van der Waals surface area contributed by atoms with Crippen molar-refractivity contribution in [1.82, 2.24) is 19.7 Å². The second-order valence-electron chi connectivity index (χ2n) is 5.84. The fourth-order valence-electron chi connectivity index (χ4n) is 2.59. The van der Waals surface area contributed by atoms with E-state index in [0.29, 0.717) is 21.9 Å². The number of fused-ring (bicyclic) bond motifs is 1. The summed E-state index contributed by atoms with van der Waals surface area (Å²) in [6.07, 6.45) is 1.49. The van der Waals surface area contributed by atoms with Gasteiger partial charge in [-0.25, -0.2) is 9.67 Å². The number of aromatic nitrogens is 4. The number of halogens is 1. The fourth-order valence-corrected chi connectivity index (χ4v) is 3.51. The summed E-state index contributed by atoms with van der Waals surface area (Å²) < 4.78 is 2.54. The number of aromatic amines is 1. The second-order valence-corrected chi connectivity index (χ2v) is 7.72. The van der Waals surface area contributed by atoms with E-state index >= 15 is 0 Å². The number of carbonyl (C=O) groups excluding carboxylic acids is 1. The smallest absolute Gasteiger partial charge is 0.262 e. The maximum Gasteiger partial charge on any atom is 0.262 e. The monoisotopic (exact) mass is 455 g/mol. The Morgan fingerprint density at radius 3 is 2.64 bits per heavy atom. The van der Waals surface area contributed by atoms with Crippen molar-refractivity contribution in [2.75, 3.05) is 11.1 Å². The van der Waals surface area contributed by atoms with Gasteiger partial charge in [0, 0.05) is 10.2 Å². The summed E-state index contributed by atoms with van der Waals surface area (Å²) in [6.45, 7) is 0. The van der Waals surface area contributed by atoms with Gasteiger partial charge >= 0.3 is 0 Å². The van der Waals surface area contributed by atoms with E-state index in [2.05, 4.69) is 36.3 Å². The molecule has 2 heterocycles. The molecule has 0 bridgehead atoms. The van der Waals surface area contributed by atoms with Crippen LogP contribution >= 0.6 is 27.7 Å². The molecule has 0 unspecified atom stereocenters. The Morgan fingerprint density at radius 1 is 1.14 bits per heavy atom. The average molecular weight is 456 g/mol. The van der Waals surface area contributed by atoms with Crippen LogP contribution in [0.5, 0.6) is 0 Å². The second kappa shape index (κ2) is 7.99. The van der Waals surface area contributed by atoms with Gasteiger partial charge in [0.15, 0.2) is 10.8 Å². The normalized spacial score (nSPS) is 10.9. The molecule has 0 aliphatic rings. The molecule has 4 aromatic rings. The summed E-state index contributed by atoms with van der Waals surface area (Å²) in [5.41, 5.74) is 1.67. The highest BCUT2D eigenvalue weighted by atomic mass is 79.9. The van der Waals surface area contributed by atoms with E-state index in [1.165, 1.54) is 6.20 Å². The van der Waals surface area contributed by atoms with Crippen molar-refractivity contribution in [3.63, 3.8) is 0 Å². The molecule has 7 nitrogen and oxygen atoms in total. The fraction of sp³-hybridized carbons (Fsp3) is 0.0526. The molecule has 0 atom stereocenters. The van der Waals surface area contributed by atoms with Crippen LogP contribution in [-0.4, -0.2) is 31.4 Å². The molecule has 2 aromatic heterocycles. The molecule has 1 amide bonds. The summed E-state index contributed by atoms with van der Waals surface area (Å²) in [7, 11) is 0. The number of rotatable bonds is 5. The van der Waals surface area contributed by atoms with E-state index in [9.17, 15) is 9.59 Å². The maximum atomic E-state index is 12.3. The number of nitrogens with zero attached hydrogens (tertiary/aromatic N) is 3. The maximum absolute atomic E-state index is 12.3. The Balaban J connectivity index is 1.53. The van der Waals surface area contributed by atoms with Crippen LogP contribution < -0.4 is 10.9 Å². The predicted molar refractivity (Wildman–Crippen MR) is 113 cm³/mol. The molecule has 0 radical (unpaired) electrons. The molecule has 2 aromatic carbocycles. The summed E-state index contributed by atoms with van der Waals surface area (Å²) in [5, 5.41) is 7.83. The van der Waals surface area contributed by atoms with Gasteiger partial charge in [-0.3, -0.25) is 9.59 Å². The third kappa shape index (κ3) is 4.00. The third-order valence-corrected chi connectivity index (χ3v) is 5.29. The lowest BCUT2D eigenvalue weighted by Gasteiger charge is -2.06. The molecule has 0 saturated carbocycles. The largest absolute Gasteiger partial charge is 0.325 e. The van der Waals surface area contributed by atoms with Crippen LogP contribution in [0, 0.1) is 0 Å². The first kappa shape index (κ1) is 18.5. The minimum Gasteiger partial charge on any atom is -0.325 e. The molecule has 0 fully saturated rings.